The number of nitrogens with two attached hydrogens (primary N) is 1. The molecule has 2 rings (SSSR count). The van der Waals surface area contributed by atoms with Gasteiger partial charge in [-0.3, -0.25) is 0 Å². The van der Waals surface area contributed by atoms with Gasteiger partial charge in [0.25, 0.3) is 0 Å². The summed E-state index contributed by atoms with van der Waals surface area (Å²) in [6.07, 6.45) is 2.89. The van der Waals surface area contributed by atoms with Gasteiger partial charge in [-0.25, -0.2) is 4.98 Å². The molecule has 2 aromatic rings. The molecule has 0 saturated carbocycles. The van der Waals surface area contributed by atoms with Crippen molar-refractivity contribution in [3.63, 3.8) is 0 Å². The van der Waals surface area contributed by atoms with Crippen LogP contribution in [0.2, 0.25) is 5.02 Å². The largest absolute Gasteiger partial charge is 0.471 e. The normalized spacial score (nSPS) is 10.1. The van der Waals surface area contributed by atoms with Gasteiger partial charge in [0.2, 0.25) is 5.88 Å². The lowest BCUT2D eigenvalue weighted by molar-refractivity contribution is 0.295. The fourth-order valence-electron chi connectivity index (χ4n) is 1.23. The molecular formula is C11H10ClN3O. The Morgan fingerprint density at radius 3 is 3.00 bits per heavy atom. The van der Waals surface area contributed by atoms with E-state index in [0.717, 1.165) is 5.56 Å². The number of aromatic nitrogens is 2. The molecule has 4 nitrogen and oxygen atoms in total. The van der Waals surface area contributed by atoms with Gasteiger partial charge in [-0.2, -0.15) is 4.98 Å². The van der Waals surface area contributed by atoms with Crippen LogP contribution in [0.15, 0.2) is 36.8 Å². The van der Waals surface area contributed by atoms with Gasteiger partial charge in [0.1, 0.15) is 18.6 Å². The summed E-state index contributed by atoms with van der Waals surface area (Å²) in [5, 5.41) is 0.678. The van der Waals surface area contributed by atoms with E-state index >= 15 is 0 Å². The Labute approximate surface area is 98.0 Å². The molecule has 0 aliphatic carbocycles. The highest BCUT2D eigenvalue weighted by atomic mass is 35.5. The molecule has 1 aromatic carbocycles. The fourth-order valence-corrected chi connectivity index (χ4v) is 1.44. The number of halogens is 1. The number of hydrogen-bond donors (Lipinski definition) is 1. The molecule has 0 saturated heterocycles. The summed E-state index contributed by atoms with van der Waals surface area (Å²) in [7, 11) is 0. The minimum atomic E-state index is 0.377. The predicted molar refractivity (Wildman–Crippen MR) is 62.2 cm³/mol. The lowest BCUT2D eigenvalue weighted by atomic mass is 10.2. The molecule has 1 aromatic heterocycles. The number of rotatable bonds is 3. The first-order valence-corrected chi connectivity index (χ1v) is 5.06. The van der Waals surface area contributed by atoms with Crippen molar-refractivity contribution in [3.05, 3.63) is 47.4 Å². The Hall–Kier alpha value is -1.81. The minimum absolute atomic E-state index is 0.377. The zero-order chi connectivity index (χ0) is 11.4. The molecule has 0 aliphatic rings. The number of benzene rings is 1. The third-order valence-electron chi connectivity index (χ3n) is 1.97. The standard InChI is InChI=1S/C11H10ClN3O/c12-9-3-1-2-8(4-9)6-16-11-10(13)5-14-7-15-11/h1-5,7H,6,13H2. The second-order valence-electron chi connectivity index (χ2n) is 3.20. The van der Waals surface area contributed by atoms with Crippen molar-refractivity contribution >= 4 is 17.3 Å². The molecule has 0 atom stereocenters. The van der Waals surface area contributed by atoms with Gasteiger partial charge in [0.15, 0.2) is 0 Å². The molecule has 1 heterocycles. The molecule has 5 heteroatoms. The number of nitrogen functional groups attached to an aromatic ring is 1. The van der Waals surface area contributed by atoms with Gasteiger partial charge >= 0.3 is 0 Å². The molecule has 82 valence electrons. The van der Waals surface area contributed by atoms with Gasteiger partial charge < -0.3 is 10.5 Å². The molecule has 0 spiro atoms. The summed E-state index contributed by atoms with van der Waals surface area (Å²) in [6, 6.07) is 7.43. The van der Waals surface area contributed by atoms with Crippen molar-refractivity contribution in [1.29, 1.82) is 0 Å². The van der Waals surface area contributed by atoms with Crippen LogP contribution in [0.3, 0.4) is 0 Å². The Kier molecular flexibility index (Phi) is 3.22. The van der Waals surface area contributed by atoms with E-state index in [9.17, 15) is 0 Å². The highest BCUT2D eigenvalue weighted by Gasteiger charge is 2.01. The molecule has 0 bridgehead atoms. The molecule has 0 aliphatic heterocycles. The van der Waals surface area contributed by atoms with E-state index in [4.69, 9.17) is 22.1 Å². The van der Waals surface area contributed by atoms with Crippen LogP contribution in [0.5, 0.6) is 5.88 Å². The van der Waals surface area contributed by atoms with E-state index in [1.165, 1.54) is 12.5 Å². The maximum Gasteiger partial charge on any atom is 0.240 e. The molecule has 0 fully saturated rings. The maximum atomic E-state index is 5.85. The van der Waals surface area contributed by atoms with E-state index in [1.54, 1.807) is 0 Å². The Morgan fingerprint density at radius 1 is 1.38 bits per heavy atom. The molecule has 0 unspecified atom stereocenters. The highest BCUT2D eigenvalue weighted by molar-refractivity contribution is 6.30. The lowest BCUT2D eigenvalue weighted by Crippen LogP contribution is -2.01. The second kappa shape index (κ2) is 4.81. The Morgan fingerprint density at radius 2 is 2.25 bits per heavy atom. The van der Waals surface area contributed by atoms with Crippen LogP contribution < -0.4 is 10.5 Å². The van der Waals surface area contributed by atoms with E-state index in [1.807, 2.05) is 24.3 Å². The zero-order valence-corrected chi connectivity index (χ0v) is 9.19. The third kappa shape index (κ3) is 2.61. The summed E-state index contributed by atoms with van der Waals surface area (Å²) >= 11 is 5.85. The Balaban J connectivity index is 2.05. The quantitative estimate of drug-likeness (QED) is 0.887. The molecule has 0 amide bonds. The van der Waals surface area contributed by atoms with Crippen molar-refractivity contribution in [2.45, 2.75) is 6.61 Å². The summed E-state index contributed by atoms with van der Waals surface area (Å²) in [5.74, 6) is 0.384. The summed E-state index contributed by atoms with van der Waals surface area (Å²) < 4.78 is 5.44. The Bertz CT molecular complexity index is 490. The summed E-state index contributed by atoms with van der Waals surface area (Å²) in [5.41, 5.74) is 7.02. The first-order chi connectivity index (χ1) is 7.75. The number of hydrogen-bond acceptors (Lipinski definition) is 4. The molecule has 2 N–H and O–H groups in total. The van der Waals surface area contributed by atoms with Crippen molar-refractivity contribution in [1.82, 2.24) is 9.97 Å². The van der Waals surface area contributed by atoms with Crippen molar-refractivity contribution in [2.24, 2.45) is 0 Å². The van der Waals surface area contributed by atoms with Crippen molar-refractivity contribution < 1.29 is 4.74 Å². The van der Waals surface area contributed by atoms with E-state index in [-0.39, 0.29) is 0 Å². The summed E-state index contributed by atoms with van der Waals surface area (Å²) in [4.78, 5) is 7.70. The molecule has 16 heavy (non-hydrogen) atoms. The first kappa shape index (κ1) is 10.7. The monoisotopic (exact) mass is 235 g/mol. The predicted octanol–water partition coefficient (Wildman–Crippen LogP) is 2.29. The third-order valence-corrected chi connectivity index (χ3v) is 2.20. The smallest absolute Gasteiger partial charge is 0.240 e. The van der Waals surface area contributed by atoms with Gasteiger partial charge in [0.05, 0.1) is 6.20 Å². The molecular weight excluding hydrogens is 226 g/mol. The van der Waals surface area contributed by atoms with Crippen molar-refractivity contribution in [3.8, 4) is 5.88 Å². The summed E-state index contributed by atoms with van der Waals surface area (Å²) in [6.45, 7) is 0.377. The van der Waals surface area contributed by atoms with Crippen LogP contribution >= 0.6 is 11.6 Å². The van der Waals surface area contributed by atoms with Crippen LogP contribution in [0.25, 0.3) is 0 Å². The van der Waals surface area contributed by atoms with Crippen LogP contribution in [0.1, 0.15) is 5.56 Å². The van der Waals surface area contributed by atoms with Crippen molar-refractivity contribution in [2.75, 3.05) is 5.73 Å². The topological polar surface area (TPSA) is 61.0 Å². The first-order valence-electron chi connectivity index (χ1n) is 4.68. The van der Waals surface area contributed by atoms with Gasteiger partial charge in [0, 0.05) is 5.02 Å². The highest BCUT2D eigenvalue weighted by Crippen LogP contribution is 2.17. The van der Waals surface area contributed by atoms with E-state index < -0.39 is 0 Å². The maximum absolute atomic E-state index is 5.85. The van der Waals surface area contributed by atoms with Crippen LogP contribution in [-0.4, -0.2) is 9.97 Å². The van der Waals surface area contributed by atoms with E-state index in [2.05, 4.69) is 9.97 Å². The second-order valence-corrected chi connectivity index (χ2v) is 3.64. The SMILES string of the molecule is Nc1cncnc1OCc1cccc(Cl)c1. The van der Waals surface area contributed by atoms with E-state index in [0.29, 0.717) is 23.2 Å². The van der Waals surface area contributed by atoms with Gasteiger partial charge in [-0.15, -0.1) is 0 Å². The van der Waals surface area contributed by atoms with Gasteiger partial charge in [-0.05, 0) is 17.7 Å². The average Bonchev–Trinajstić information content (AvgIpc) is 2.28. The lowest BCUT2D eigenvalue weighted by Gasteiger charge is -2.06. The van der Waals surface area contributed by atoms with Gasteiger partial charge in [-0.1, -0.05) is 23.7 Å². The molecule has 0 radical (unpaired) electrons. The van der Waals surface area contributed by atoms with Crippen LogP contribution in [0, 0.1) is 0 Å². The zero-order valence-electron chi connectivity index (χ0n) is 8.43. The average molecular weight is 236 g/mol. The number of nitrogens with zero attached hydrogens (tertiary/aromatic N) is 2. The minimum Gasteiger partial charge on any atom is -0.471 e. The van der Waals surface area contributed by atoms with Crippen LogP contribution in [0.4, 0.5) is 5.69 Å². The number of anilines is 1. The fraction of sp³-hybridized carbons (Fsp3) is 0.0909. The number of ether oxygens (including phenoxy) is 1. The van der Waals surface area contributed by atoms with Crippen LogP contribution in [-0.2, 0) is 6.61 Å².